The number of halogens is 1. The molecule has 0 aliphatic carbocycles. The van der Waals surface area contributed by atoms with Gasteiger partial charge in [-0.25, -0.2) is 0 Å². The van der Waals surface area contributed by atoms with Gasteiger partial charge in [0.05, 0.1) is 6.20 Å². The van der Waals surface area contributed by atoms with Crippen LogP contribution >= 0.6 is 12.4 Å². The van der Waals surface area contributed by atoms with E-state index in [-0.39, 0.29) is 48.0 Å². The first kappa shape index (κ1) is 17.0. The average Bonchev–Trinajstić information content (AvgIpc) is 2.51. The van der Waals surface area contributed by atoms with Gasteiger partial charge in [-0.05, 0) is 11.9 Å². The Morgan fingerprint density at radius 1 is 1.53 bits per heavy atom. The molecule has 1 unspecified atom stereocenters. The fourth-order valence-corrected chi connectivity index (χ4v) is 1.40. The van der Waals surface area contributed by atoms with E-state index in [1.54, 1.807) is 0 Å². The minimum absolute atomic E-state index is 0. The van der Waals surface area contributed by atoms with Crippen LogP contribution in [-0.2, 0) is 0 Å². The summed E-state index contributed by atoms with van der Waals surface area (Å²) < 4.78 is 0.267. The first-order valence-corrected chi connectivity index (χ1v) is 4.05. The van der Waals surface area contributed by atoms with Crippen molar-refractivity contribution in [3.63, 3.8) is 0 Å². The van der Waals surface area contributed by atoms with Gasteiger partial charge in [-0.3, -0.25) is 0 Å². The van der Waals surface area contributed by atoms with Gasteiger partial charge in [0, 0.05) is 7.05 Å². The van der Waals surface area contributed by atoms with Crippen molar-refractivity contribution in [3.8, 4) is 12.4 Å². The van der Waals surface area contributed by atoms with E-state index in [0.29, 0.717) is 13.2 Å². The normalized spacial score (nSPS) is 22.0. The molecule has 1 atom stereocenters. The molecule has 0 N–H and O–H groups in total. The van der Waals surface area contributed by atoms with Crippen LogP contribution in [0.15, 0.2) is 12.4 Å². The quantitative estimate of drug-likeness (QED) is 0.240. The molecule has 1 heterocycles. The molecule has 0 fully saturated rings. The molecule has 0 saturated carbocycles. The van der Waals surface area contributed by atoms with Crippen molar-refractivity contribution in [2.24, 2.45) is 0 Å². The van der Waals surface area contributed by atoms with Crippen LogP contribution in [0, 0.1) is 22.9 Å². The van der Waals surface area contributed by atoms with Gasteiger partial charge in [-0.15, -0.1) is 12.4 Å². The van der Waals surface area contributed by atoms with E-state index < -0.39 is 0 Å². The molecule has 0 aromatic heterocycles. The number of rotatable bonds is 2. The minimum atomic E-state index is 0. The van der Waals surface area contributed by atoms with Crippen LogP contribution in [0.4, 0.5) is 0 Å². The van der Waals surface area contributed by atoms with Crippen LogP contribution in [-0.4, -0.2) is 34.8 Å². The molecular weight excluding hydrogens is 225 g/mol. The SMILES string of the molecule is CC[N+]1(N(C#N)C#N)C=CN(C)C1.Cl.[H-].[Na+]. The number of nitriles is 2. The molecule has 7 heteroatoms. The summed E-state index contributed by atoms with van der Waals surface area (Å²) in [6.07, 6.45) is 7.48. The Balaban J connectivity index is -0.000000563. The first-order chi connectivity index (χ1) is 6.18. The van der Waals surface area contributed by atoms with Crippen molar-refractivity contribution in [3.05, 3.63) is 12.4 Å². The third-order valence-corrected chi connectivity index (χ3v) is 2.20. The third kappa shape index (κ3) is 3.27. The molecule has 1 aliphatic heterocycles. The average molecular weight is 239 g/mol. The molecule has 0 bridgehead atoms. The van der Waals surface area contributed by atoms with Gasteiger partial charge in [0.25, 0.3) is 0 Å². The fraction of sp³-hybridized carbons (Fsp3) is 0.500. The van der Waals surface area contributed by atoms with Crippen molar-refractivity contribution in [2.45, 2.75) is 6.92 Å². The second-order valence-corrected chi connectivity index (χ2v) is 3.01. The van der Waals surface area contributed by atoms with Crippen molar-refractivity contribution in [2.75, 3.05) is 20.3 Å². The van der Waals surface area contributed by atoms with Crippen LogP contribution in [0.25, 0.3) is 0 Å². The second kappa shape index (κ2) is 6.95. The van der Waals surface area contributed by atoms with Crippen LogP contribution in [0.1, 0.15) is 8.35 Å². The smallest absolute Gasteiger partial charge is 1.00 e. The largest absolute Gasteiger partial charge is 1.00 e. The zero-order valence-corrected chi connectivity index (χ0v) is 12.0. The van der Waals surface area contributed by atoms with Crippen LogP contribution < -0.4 is 29.6 Å². The number of quaternary nitrogens is 1. The molecule has 1 rings (SSSR count). The Labute approximate surface area is 120 Å². The van der Waals surface area contributed by atoms with E-state index in [4.69, 9.17) is 10.5 Å². The molecule has 78 valence electrons. The summed E-state index contributed by atoms with van der Waals surface area (Å²) in [6.45, 7) is 3.28. The summed E-state index contributed by atoms with van der Waals surface area (Å²) in [5.41, 5.74) is 0. The molecule has 0 aromatic carbocycles. The summed E-state index contributed by atoms with van der Waals surface area (Å²) in [4.78, 5) is 1.95. The van der Waals surface area contributed by atoms with Gasteiger partial charge in [0.15, 0.2) is 6.67 Å². The van der Waals surface area contributed by atoms with Gasteiger partial charge >= 0.3 is 29.6 Å². The summed E-state index contributed by atoms with van der Waals surface area (Å²) in [5.74, 6) is 0. The Morgan fingerprint density at radius 2 is 2.07 bits per heavy atom. The molecule has 15 heavy (non-hydrogen) atoms. The standard InChI is InChI=1S/C8H12N5.ClH.Na.H/c1-3-13(12(6-9)7-10)5-4-11(2)8-13;;;/h4-5H,3,8H2,1-2H3;1H;;/q+1;;+1;-1. The van der Waals surface area contributed by atoms with Gasteiger partial charge in [0.2, 0.25) is 12.4 Å². The first-order valence-electron chi connectivity index (χ1n) is 4.05. The molecule has 5 nitrogen and oxygen atoms in total. The van der Waals surface area contributed by atoms with E-state index in [0.717, 1.165) is 5.01 Å². The summed E-state index contributed by atoms with van der Waals surface area (Å²) in [7, 11) is 1.92. The number of hydrogen-bond acceptors (Lipinski definition) is 4. The Bertz CT molecular complexity index is 299. The third-order valence-electron chi connectivity index (χ3n) is 2.20. The Kier molecular flexibility index (Phi) is 7.86. The topological polar surface area (TPSA) is 54.1 Å². The maximum atomic E-state index is 8.75. The molecule has 0 spiro atoms. The zero-order chi connectivity index (χ0) is 9.90. The number of nitrogens with zero attached hydrogens (tertiary/aromatic N) is 5. The Hall–Kier alpha value is -0.430. The Morgan fingerprint density at radius 3 is 2.33 bits per heavy atom. The summed E-state index contributed by atoms with van der Waals surface area (Å²) in [6, 6.07) is 0. The van der Waals surface area contributed by atoms with E-state index >= 15 is 0 Å². The second-order valence-electron chi connectivity index (χ2n) is 3.01. The molecule has 1 aliphatic rings. The molecule has 0 amide bonds. The minimum Gasteiger partial charge on any atom is -1.00 e. The van der Waals surface area contributed by atoms with Crippen LogP contribution in [0.3, 0.4) is 0 Å². The molecule has 0 aromatic rings. The predicted molar refractivity (Wildman–Crippen MR) is 54.0 cm³/mol. The van der Waals surface area contributed by atoms with Gasteiger partial charge in [-0.1, -0.05) is 0 Å². The monoisotopic (exact) mass is 238 g/mol. The van der Waals surface area contributed by atoms with E-state index in [9.17, 15) is 0 Å². The zero-order valence-electron chi connectivity index (χ0n) is 10.2. The predicted octanol–water partition coefficient (Wildman–Crippen LogP) is -2.09. The van der Waals surface area contributed by atoms with Gasteiger partial charge < -0.3 is 6.33 Å². The molecule has 0 radical (unpaired) electrons. The summed E-state index contributed by atoms with van der Waals surface area (Å²) in [5, 5.41) is 18.6. The van der Waals surface area contributed by atoms with E-state index in [2.05, 4.69) is 0 Å². The van der Waals surface area contributed by atoms with Crippen molar-refractivity contribution >= 4 is 12.4 Å². The molecular formula is C8H14ClN5Na+. The van der Waals surface area contributed by atoms with Gasteiger partial charge in [-0.2, -0.15) is 15.1 Å². The van der Waals surface area contributed by atoms with Crippen molar-refractivity contribution in [1.82, 2.24) is 9.91 Å². The van der Waals surface area contributed by atoms with E-state index in [1.165, 1.54) is 0 Å². The van der Waals surface area contributed by atoms with Gasteiger partial charge in [0.1, 0.15) is 12.7 Å². The molecule has 0 saturated heterocycles. The number of hydrogen-bond donors (Lipinski definition) is 0. The van der Waals surface area contributed by atoms with E-state index in [1.807, 2.05) is 43.7 Å². The van der Waals surface area contributed by atoms with Crippen LogP contribution in [0.2, 0.25) is 0 Å². The van der Waals surface area contributed by atoms with Crippen molar-refractivity contribution in [1.29, 1.82) is 10.5 Å². The van der Waals surface area contributed by atoms with Crippen molar-refractivity contribution < 1.29 is 35.6 Å². The summed E-state index contributed by atoms with van der Waals surface area (Å²) >= 11 is 0. The maximum absolute atomic E-state index is 8.75. The van der Waals surface area contributed by atoms with Crippen LogP contribution in [0.5, 0.6) is 0 Å². The fourth-order valence-electron chi connectivity index (χ4n) is 1.40. The maximum Gasteiger partial charge on any atom is 1.00 e.